The van der Waals surface area contributed by atoms with Crippen LogP contribution in [0.1, 0.15) is 16.8 Å². The Labute approximate surface area is 128 Å². The van der Waals surface area contributed by atoms with Crippen molar-refractivity contribution in [1.29, 1.82) is 0 Å². The Bertz CT molecular complexity index is 596. The minimum Gasteiger partial charge on any atom is -0.497 e. The van der Waals surface area contributed by atoms with E-state index in [0.29, 0.717) is 36.6 Å². The fourth-order valence-corrected chi connectivity index (χ4v) is 1.84. The maximum Gasteiger partial charge on any atom is 0.251 e. The van der Waals surface area contributed by atoms with Crippen LogP contribution in [0.4, 0.5) is 4.39 Å². The Hall–Kier alpha value is -2.56. The summed E-state index contributed by atoms with van der Waals surface area (Å²) in [7, 11) is 1.58. The molecule has 0 aliphatic rings. The molecule has 5 heteroatoms. The standard InChI is InChI=1S/C17H18FNO3/c1-21-15-7-3-13(4-8-15)17(20)19-11-2-12-22-16-9-5-14(18)6-10-16/h3-10H,2,11-12H2,1H3,(H,19,20). The summed E-state index contributed by atoms with van der Waals surface area (Å²) >= 11 is 0. The zero-order valence-corrected chi connectivity index (χ0v) is 12.3. The molecule has 1 N–H and O–H groups in total. The third-order valence-corrected chi connectivity index (χ3v) is 3.04. The Kier molecular flexibility index (Phi) is 5.77. The van der Waals surface area contributed by atoms with E-state index < -0.39 is 0 Å². The Morgan fingerprint density at radius 3 is 2.32 bits per heavy atom. The molecule has 0 radical (unpaired) electrons. The van der Waals surface area contributed by atoms with Crippen molar-refractivity contribution in [3.05, 3.63) is 59.9 Å². The van der Waals surface area contributed by atoms with Crippen molar-refractivity contribution in [1.82, 2.24) is 5.32 Å². The second kappa shape index (κ2) is 8.02. The van der Waals surface area contributed by atoms with Gasteiger partial charge in [-0.15, -0.1) is 0 Å². The fourth-order valence-electron chi connectivity index (χ4n) is 1.84. The zero-order valence-electron chi connectivity index (χ0n) is 12.3. The average Bonchev–Trinajstić information content (AvgIpc) is 2.56. The number of amides is 1. The van der Waals surface area contributed by atoms with Crippen molar-refractivity contribution in [3.8, 4) is 11.5 Å². The van der Waals surface area contributed by atoms with Crippen molar-refractivity contribution in [3.63, 3.8) is 0 Å². The molecule has 0 aliphatic carbocycles. The fraction of sp³-hybridized carbons (Fsp3) is 0.235. The maximum absolute atomic E-state index is 12.7. The molecule has 0 unspecified atom stereocenters. The van der Waals surface area contributed by atoms with Crippen LogP contribution in [-0.2, 0) is 0 Å². The molecular weight excluding hydrogens is 285 g/mol. The lowest BCUT2D eigenvalue weighted by Crippen LogP contribution is -2.25. The maximum atomic E-state index is 12.7. The van der Waals surface area contributed by atoms with Crippen LogP contribution in [0.3, 0.4) is 0 Å². The summed E-state index contributed by atoms with van der Waals surface area (Å²) in [5, 5.41) is 2.81. The lowest BCUT2D eigenvalue weighted by Gasteiger charge is -2.08. The first-order valence-corrected chi connectivity index (χ1v) is 6.99. The van der Waals surface area contributed by atoms with Gasteiger partial charge >= 0.3 is 0 Å². The SMILES string of the molecule is COc1ccc(C(=O)NCCCOc2ccc(F)cc2)cc1. The lowest BCUT2D eigenvalue weighted by molar-refractivity contribution is 0.0951. The molecule has 0 atom stereocenters. The van der Waals surface area contributed by atoms with Crippen LogP contribution >= 0.6 is 0 Å². The van der Waals surface area contributed by atoms with Crippen molar-refractivity contribution in [2.75, 3.05) is 20.3 Å². The van der Waals surface area contributed by atoms with Gasteiger partial charge in [-0.25, -0.2) is 4.39 Å². The molecule has 0 aromatic heterocycles. The number of carbonyl (C=O) groups excluding carboxylic acids is 1. The van der Waals surface area contributed by atoms with E-state index in [9.17, 15) is 9.18 Å². The summed E-state index contributed by atoms with van der Waals surface area (Å²) in [6.07, 6.45) is 0.666. The molecular formula is C17H18FNO3. The van der Waals surface area contributed by atoms with Gasteiger partial charge in [0.1, 0.15) is 17.3 Å². The minimum atomic E-state index is -0.292. The largest absolute Gasteiger partial charge is 0.497 e. The lowest BCUT2D eigenvalue weighted by atomic mass is 10.2. The van der Waals surface area contributed by atoms with Gasteiger partial charge in [0.2, 0.25) is 0 Å². The van der Waals surface area contributed by atoms with Crippen molar-refractivity contribution in [2.24, 2.45) is 0 Å². The van der Waals surface area contributed by atoms with Gasteiger partial charge in [-0.2, -0.15) is 0 Å². The van der Waals surface area contributed by atoms with E-state index >= 15 is 0 Å². The number of ether oxygens (including phenoxy) is 2. The summed E-state index contributed by atoms with van der Waals surface area (Å²) in [5.74, 6) is 0.899. The van der Waals surface area contributed by atoms with Gasteiger partial charge in [0.25, 0.3) is 5.91 Å². The molecule has 0 bridgehead atoms. The second-order valence-electron chi connectivity index (χ2n) is 4.64. The van der Waals surface area contributed by atoms with E-state index in [1.807, 2.05) is 0 Å². The van der Waals surface area contributed by atoms with Crippen LogP contribution in [-0.4, -0.2) is 26.2 Å². The summed E-state index contributed by atoms with van der Waals surface area (Å²) in [6, 6.07) is 12.8. The molecule has 0 fully saturated rings. The number of hydrogen-bond donors (Lipinski definition) is 1. The highest BCUT2D eigenvalue weighted by molar-refractivity contribution is 5.94. The summed E-state index contributed by atoms with van der Waals surface area (Å²) in [5.41, 5.74) is 0.584. The number of carbonyl (C=O) groups is 1. The predicted molar refractivity (Wildman–Crippen MR) is 81.8 cm³/mol. The first-order valence-electron chi connectivity index (χ1n) is 6.99. The van der Waals surface area contributed by atoms with Crippen molar-refractivity contribution < 1.29 is 18.7 Å². The highest BCUT2D eigenvalue weighted by atomic mass is 19.1. The van der Waals surface area contributed by atoms with E-state index in [2.05, 4.69) is 5.32 Å². The third-order valence-electron chi connectivity index (χ3n) is 3.04. The Morgan fingerprint density at radius 1 is 1.05 bits per heavy atom. The van der Waals surface area contributed by atoms with Crippen LogP contribution in [0.2, 0.25) is 0 Å². The highest BCUT2D eigenvalue weighted by Gasteiger charge is 2.04. The van der Waals surface area contributed by atoms with Gasteiger partial charge in [-0.1, -0.05) is 0 Å². The number of nitrogens with one attached hydrogen (secondary N) is 1. The highest BCUT2D eigenvalue weighted by Crippen LogP contribution is 2.12. The summed E-state index contributed by atoms with van der Waals surface area (Å²) in [6.45, 7) is 0.959. The monoisotopic (exact) mass is 303 g/mol. The number of hydrogen-bond acceptors (Lipinski definition) is 3. The summed E-state index contributed by atoms with van der Waals surface area (Å²) < 4.78 is 23.2. The second-order valence-corrected chi connectivity index (χ2v) is 4.64. The van der Waals surface area contributed by atoms with Crippen LogP contribution in [0.5, 0.6) is 11.5 Å². The molecule has 2 aromatic rings. The molecule has 1 amide bonds. The molecule has 4 nitrogen and oxygen atoms in total. The van der Waals surface area contributed by atoms with Gasteiger partial charge in [-0.05, 0) is 55.0 Å². The topological polar surface area (TPSA) is 47.6 Å². The van der Waals surface area contributed by atoms with E-state index in [4.69, 9.17) is 9.47 Å². The number of rotatable bonds is 7. The molecule has 0 heterocycles. The van der Waals surface area contributed by atoms with Gasteiger partial charge in [-0.3, -0.25) is 4.79 Å². The number of methoxy groups -OCH3 is 1. The predicted octanol–water partition coefficient (Wildman–Crippen LogP) is 3.03. The van der Waals surface area contributed by atoms with E-state index in [0.717, 1.165) is 0 Å². The molecule has 2 rings (SSSR count). The molecule has 0 aliphatic heterocycles. The number of benzene rings is 2. The normalized spacial score (nSPS) is 10.1. The van der Waals surface area contributed by atoms with Crippen LogP contribution in [0.15, 0.2) is 48.5 Å². The molecule has 0 spiro atoms. The van der Waals surface area contributed by atoms with Crippen molar-refractivity contribution >= 4 is 5.91 Å². The number of halogens is 1. The van der Waals surface area contributed by atoms with Crippen LogP contribution in [0.25, 0.3) is 0 Å². The minimum absolute atomic E-state index is 0.135. The van der Waals surface area contributed by atoms with Gasteiger partial charge in [0.15, 0.2) is 0 Å². The summed E-state index contributed by atoms with van der Waals surface area (Å²) in [4.78, 5) is 11.9. The molecule has 22 heavy (non-hydrogen) atoms. The molecule has 0 saturated carbocycles. The van der Waals surface area contributed by atoms with E-state index in [1.165, 1.54) is 12.1 Å². The van der Waals surface area contributed by atoms with Gasteiger partial charge in [0, 0.05) is 12.1 Å². The quantitative estimate of drug-likeness (QED) is 0.800. The Morgan fingerprint density at radius 2 is 1.68 bits per heavy atom. The molecule has 0 saturated heterocycles. The zero-order chi connectivity index (χ0) is 15.8. The molecule has 2 aromatic carbocycles. The van der Waals surface area contributed by atoms with Crippen LogP contribution in [0, 0.1) is 5.82 Å². The Balaban J connectivity index is 1.67. The van der Waals surface area contributed by atoms with E-state index in [-0.39, 0.29) is 11.7 Å². The van der Waals surface area contributed by atoms with Gasteiger partial charge < -0.3 is 14.8 Å². The average molecular weight is 303 g/mol. The van der Waals surface area contributed by atoms with Crippen LogP contribution < -0.4 is 14.8 Å². The first-order chi connectivity index (χ1) is 10.7. The smallest absolute Gasteiger partial charge is 0.251 e. The first kappa shape index (κ1) is 15.8. The van der Waals surface area contributed by atoms with Crippen molar-refractivity contribution in [2.45, 2.75) is 6.42 Å². The van der Waals surface area contributed by atoms with E-state index in [1.54, 1.807) is 43.5 Å². The third kappa shape index (κ3) is 4.77. The van der Waals surface area contributed by atoms with Gasteiger partial charge in [0.05, 0.1) is 13.7 Å². The molecule has 116 valence electrons.